The highest BCUT2D eigenvalue weighted by molar-refractivity contribution is 5.80. The summed E-state index contributed by atoms with van der Waals surface area (Å²) in [6.07, 6.45) is 0.928. The molecular weight excluding hydrogens is 266 g/mol. The highest BCUT2D eigenvalue weighted by atomic mass is 16.5. The summed E-state index contributed by atoms with van der Waals surface area (Å²) >= 11 is 0. The summed E-state index contributed by atoms with van der Waals surface area (Å²) in [6.45, 7) is 5.81. The van der Waals surface area contributed by atoms with Gasteiger partial charge in [-0.15, -0.1) is 0 Å². The molecule has 1 rings (SSSR count). The number of hydrogen-bond acceptors (Lipinski definition) is 3. The summed E-state index contributed by atoms with van der Waals surface area (Å²) in [4.78, 5) is 15.8. The first-order valence-corrected chi connectivity index (χ1v) is 7.31. The number of carbonyl (C=O) groups is 1. The molecule has 0 heterocycles. The topological polar surface area (TPSA) is 62.7 Å². The van der Waals surface area contributed by atoms with E-state index in [1.807, 2.05) is 32.0 Å². The van der Waals surface area contributed by atoms with E-state index in [4.69, 9.17) is 4.74 Å². The molecule has 21 heavy (non-hydrogen) atoms. The first-order chi connectivity index (χ1) is 10.2. The summed E-state index contributed by atoms with van der Waals surface area (Å²) in [5.41, 5.74) is 1.28. The van der Waals surface area contributed by atoms with Gasteiger partial charge < -0.3 is 15.4 Å². The molecule has 0 spiro atoms. The van der Waals surface area contributed by atoms with Crippen molar-refractivity contribution in [1.82, 2.24) is 10.6 Å². The molecule has 5 nitrogen and oxygen atoms in total. The second-order valence-corrected chi connectivity index (χ2v) is 4.81. The van der Waals surface area contributed by atoms with Crippen LogP contribution in [0.5, 0.6) is 0 Å². The van der Waals surface area contributed by atoms with Crippen molar-refractivity contribution >= 4 is 11.9 Å². The Morgan fingerprint density at radius 1 is 1.29 bits per heavy atom. The highest BCUT2D eigenvalue weighted by Gasteiger charge is 2.12. The van der Waals surface area contributed by atoms with Crippen LogP contribution in [0.15, 0.2) is 35.3 Å². The maximum atomic E-state index is 11.3. The summed E-state index contributed by atoms with van der Waals surface area (Å²) in [5, 5.41) is 6.44. The second-order valence-electron chi connectivity index (χ2n) is 4.81. The average Bonchev–Trinajstić information content (AvgIpc) is 2.52. The molecule has 0 fully saturated rings. The van der Waals surface area contributed by atoms with Crippen LogP contribution in [0.2, 0.25) is 0 Å². The van der Waals surface area contributed by atoms with Gasteiger partial charge in [-0.05, 0) is 18.9 Å². The van der Waals surface area contributed by atoms with Gasteiger partial charge in [0, 0.05) is 13.1 Å². The van der Waals surface area contributed by atoms with E-state index in [0.717, 1.165) is 25.5 Å². The zero-order valence-corrected chi connectivity index (χ0v) is 13.1. The molecule has 1 aromatic rings. The Kier molecular flexibility index (Phi) is 7.94. The molecule has 0 aromatic heterocycles. The third kappa shape index (κ3) is 6.79. The maximum absolute atomic E-state index is 11.3. The van der Waals surface area contributed by atoms with Gasteiger partial charge in [-0.25, -0.2) is 0 Å². The molecule has 0 saturated carbocycles. The van der Waals surface area contributed by atoms with Gasteiger partial charge in [0.25, 0.3) is 0 Å². The van der Waals surface area contributed by atoms with Crippen molar-refractivity contribution in [2.75, 3.05) is 26.7 Å². The Bertz CT molecular complexity index is 446. The molecule has 1 unspecified atom stereocenters. The second kappa shape index (κ2) is 9.80. The predicted octanol–water partition coefficient (Wildman–Crippen LogP) is 1.59. The standard InChI is InChI=1S/C16H25N3O2/c1-4-17-16(19-12-13(2)15(20)21-3)18-11-10-14-8-6-5-7-9-14/h5-9,13H,4,10-12H2,1-3H3,(H2,17,18,19). The zero-order chi connectivity index (χ0) is 15.5. The molecule has 0 aliphatic heterocycles. The van der Waals surface area contributed by atoms with Crippen molar-refractivity contribution in [2.45, 2.75) is 20.3 Å². The summed E-state index contributed by atoms with van der Waals surface area (Å²) < 4.78 is 4.69. The smallest absolute Gasteiger partial charge is 0.310 e. The van der Waals surface area contributed by atoms with Crippen LogP contribution in [-0.2, 0) is 16.0 Å². The Balaban J connectivity index is 2.43. The fourth-order valence-electron chi connectivity index (χ4n) is 1.82. The molecule has 1 atom stereocenters. The summed E-state index contributed by atoms with van der Waals surface area (Å²) in [7, 11) is 1.39. The van der Waals surface area contributed by atoms with Crippen LogP contribution >= 0.6 is 0 Å². The van der Waals surface area contributed by atoms with Crippen molar-refractivity contribution in [3.63, 3.8) is 0 Å². The molecule has 0 bridgehead atoms. The third-order valence-corrected chi connectivity index (χ3v) is 3.02. The Morgan fingerprint density at radius 3 is 2.62 bits per heavy atom. The lowest BCUT2D eigenvalue weighted by Gasteiger charge is -2.12. The fraction of sp³-hybridized carbons (Fsp3) is 0.500. The molecule has 0 saturated heterocycles. The lowest BCUT2D eigenvalue weighted by Crippen LogP contribution is -2.38. The van der Waals surface area contributed by atoms with Gasteiger partial charge in [0.05, 0.1) is 19.6 Å². The van der Waals surface area contributed by atoms with Crippen molar-refractivity contribution in [2.24, 2.45) is 10.9 Å². The van der Waals surface area contributed by atoms with E-state index in [9.17, 15) is 4.79 Å². The molecule has 0 aliphatic carbocycles. The molecule has 0 radical (unpaired) electrons. The summed E-state index contributed by atoms with van der Waals surface area (Å²) in [6, 6.07) is 10.3. The van der Waals surface area contributed by atoms with E-state index in [2.05, 4.69) is 27.8 Å². The van der Waals surface area contributed by atoms with Gasteiger partial charge in [0.15, 0.2) is 5.96 Å². The number of nitrogens with zero attached hydrogens (tertiary/aromatic N) is 1. The number of rotatable bonds is 7. The quantitative estimate of drug-likeness (QED) is 0.455. The monoisotopic (exact) mass is 291 g/mol. The fourth-order valence-corrected chi connectivity index (χ4v) is 1.82. The molecular formula is C16H25N3O2. The normalized spacial score (nSPS) is 12.6. The molecule has 0 aliphatic rings. The van der Waals surface area contributed by atoms with Crippen molar-refractivity contribution in [3.8, 4) is 0 Å². The van der Waals surface area contributed by atoms with Gasteiger partial charge in [-0.2, -0.15) is 0 Å². The van der Waals surface area contributed by atoms with E-state index >= 15 is 0 Å². The molecule has 5 heteroatoms. The van der Waals surface area contributed by atoms with Gasteiger partial charge in [0.1, 0.15) is 0 Å². The van der Waals surface area contributed by atoms with Crippen LogP contribution < -0.4 is 10.6 Å². The van der Waals surface area contributed by atoms with Crippen LogP contribution in [0, 0.1) is 5.92 Å². The number of aliphatic imine (C=N–C) groups is 1. The van der Waals surface area contributed by atoms with Crippen molar-refractivity contribution in [3.05, 3.63) is 35.9 Å². The lowest BCUT2D eigenvalue weighted by atomic mass is 10.1. The van der Waals surface area contributed by atoms with Gasteiger partial charge >= 0.3 is 5.97 Å². The molecule has 0 amide bonds. The number of ether oxygens (including phenoxy) is 1. The number of methoxy groups -OCH3 is 1. The third-order valence-electron chi connectivity index (χ3n) is 3.02. The van der Waals surface area contributed by atoms with Gasteiger partial charge in [-0.3, -0.25) is 9.79 Å². The maximum Gasteiger partial charge on any atom is 0.310 e. The van der Waals surface area contributed by atoms with E-state index in [1.165, 1.54) is 12.7 Å². The number of nitrogens with one attached hydrogen (secondary N) is 2. The van der Waals surface area contributed by atoms with E-state index < -0.39 is 0 Å². The van der Waals surface area contributed by atoms with E-state index in [1.54, 1.807) is 0 Å². The van der Waals surface area contributed by atoms with E-state index in [-0.39, 0.29) is 11.9 Å². The first kappa shape index (κ1) is 17.0. The average molecular weight is 291 g/mol. The van der Waals surface area contributed by atoms with Crippen LogP contribution in [0.3, 0.4) is 0 Å². The molecule has 116 valence electrons. The number of hydrogen-bond donors (Lipinski definition) is 2. The Labute approximate surface area is 126 Å². The molecule has 1 aromatic carbocycles. The van der Waals surface area contributed by atoms with Crippen LogP contribution in [0.4, 0.5) is 0 Å². The predicted molar refractivity (Wildman–Crippen MR) is 85.3 cm³/mol. The largest absolute Gasteiger partial charge is 0.469 e. The Hall–Kier alpha value is -2.04. The van der Waals surface area contributed by atoms with Crippen molar-refractivity contribution < 1.29 is 9.53 Å². The minimum absolute atomic E-state index is 0.237. The van der Waals surface area contributed by atoms with Crippen molar-refractivity contribution in [1.29, 1.82) is 0 Å². The van der Waals surface area contributed by atoms with Gasteiger partial charge in [-0.1, -0.05) is 37.3 Å². The van der Waals surface area contributed by atoms with Crippen LogP contribution in [0.25, 0.3) is 0 Å². The van der Waals surface area contributed by atoms with E-state index in [0.29, 0.717) is 6.54 Å². The first-order valence-electron chi connectivity index (χ1n) is 7.31. The Morgan fingerprint density at radius 2 is 2.00 bits per heavy atom. The number of carbonyl (C=O) groups excluding carboxylic acids is 1. The lowest BCUT2D eigenvalue weighted by molar-refractivity contribution is -0.144. The zero-order valence-electron chi connectivity index (χ0n) is 13.1. The SMILES string of the molecule is CCNC(=NCC(C)C(=O)OC)NCCc1ccccc1. The highest BCUT2D eigenvalue weighted by Crippen LogP contribution is 1.99. The molecule has 2 N–H and O–H groups in total. The minimum atomic E-state index is -0.237. The summed E-state index contributed by atoms with van der Waals surface area (Å²) in [5.74, 6) is 0.252. The number of esters is 1. The van der Waals surface area contributed by atoms with Crippen LogP contribution in [-0.4, -0.2) is 38.7 Å². The minimum Gasteiger partial charge on any atom is -0.469 e. The van der Waals surface area contributed by atoms with Gasteiger partial charge in [0.2, 0.25) is 0 Å². The number of benzene rings is 1. The van der Waals surface area contributed by atoms with Crippen LogP contribution in [0.1, 0.15) is 19.4 Å². The number of guanidine groups is 1.